The second kappa shape index (κ2) is 8.35. The van der Waals surface area contributed by atoms with Crippen LogP contribution in [0.3, 0.4) is 0 Å². The molecule has 4 rings (SSSR count). The lowest BCUT2D eigenvalue weighted by Crippen LogP contribution is -2.32. The third-order valence-electron chi connectivity index (χ3n) is 5.84. The Bertz CT molecular complexity index is 1230. The zero-order valence-electron chi connectivity index (χ0n) is 19.2. The number of cyclic esters (lactones) is 1. The molecule has 2 aliphatic rings. The number of allylic oxidation sites excluding steroid dienone is 2. The number of phenols is 2. The molecule has 3 N–H and O–H groups in total. The lowest BCUT2D eigenvalue weighted by atomic mass is 9.93. The quantitative estimate of drug-likeness (QED) is 0.418. The van der Waals surface area contributed by atoms with Gasteiger partial charge in [-0.15, -0.1) is 0 Å². The number of carbonyl (C=O) groups excluding carboxylic acids is 1. The Morgan fingerprint density at radius 1 is 1.09 bits per heavy atom. The van der Waals surface area contributed by atoms with Crippen molar-refractivity contribution in [3.05, 3.63) is 75.8 Å². The Labute approximate surface area is 193 Å². The molecule has 0 amide bonds. The number of phenolic OH excluding ortho intramolecular Hbond substituents is 2. The maximum absolute atomic E-state index is 12.6. The van der Waals surface area contributed by atoms with Crippen LogP contribution in [0.15, 0.2) is 53.5 Å². The number of benzene rings is 2. The van der Waals surface area contributed by atoms with Crippen LogP contribution in [0.1, 0.15) is 56.4 Å². The fraction of sp³-hybridized carbons (Fsp3) is 0.296. The number of aliphatic hydroxyl groups is 1. The number of rotatable bonds is 4. The first kappa shape index (κ1) is 22.5. The van der Waals surface area contributed by atoms with Crippen LogP contribution in [0, 0.1) is 0 Å². The van der Waals surface area contributed by atoms with E-state index in [1.165, 1.54) is 12.1 Å². The van der Waals surface area contributed by atoms with E-state index in [9.17, 15) is 20.1 Å². The molecule has 0 fully saturated rings. The minimum Gasteiger partial charge on any atom is -0.508 e. The van der Waals surface area contributed by atoms with E-state index in [-0.39, 0.29) is 39.8 Å². The second-order valence-electron chi connectivity index (χ2n) is 9.33. The second-order valence-corrected chi connectivity index (χ2v) is 9.33. The van der Waals surface area contributed by atoms with Gasteiger partial charge in [-0.05, 0) is 87.9 Å². The van der Waals surface area contributed by atoms with E-state index in [1.54, 1.807) is 6.08 Å². The molecule has 0 saturated carbocycles. The van der Waals surface area contributed by atoms with E-state index in [1.807, 2.05) is 38.1 Å². The maximum Gasteiger partial charge on any atom is 0.348 e. The Kier molecular flexibility index (Phi) is 5.70. The van der Waals surface area contributed by atoms with E-state index in [4.69, 9.17) is 9.47 Å². The highest BCUT2D eigenvalue weighted by Crippen LogP contribution is 2.40. The summed E-state index contributed by atoms with van der Waals surface area (Å²) in [4.78, 5) is 12.6. The van der Waals surface area contributed by atoms with E-state index in [0.717, 1.165) is 35.3 Å². The smallest absolute Gasteiger partial charge is 0.348 e. The van der Waals surface area contributed by atoms with Gasteiger partial charge in [0.1, 0.15) is 28.4 Å². The number of aromatic hydroxyl groups is 2. The van der Waals surface area contributed by atoms with Crippen LogP contribution in [0.5, 0.6) is 17.2 Å². The first-order valence-corrected chi connectivity index (χ1v) is 10.9. The van der Waals surface area contributed by atoms with Gasteiger partial charge in [0.05, 0.1) is 0 Å². The number of aryl methyl sites for hydroxylation is 1. The molecule has 0 bridgehead atoms. The van der Waals surface area contributed by atoms with Gasteiger partial charge in [-0.3, -0.25) is 0 Å². The van der Waals surface area contributed by atoms with Gasteiger partial charge >= 0.3 is 5.97 Å². The Balaban J connectivity index is 1.70. The molecule has 0 spiro atoms. The molecular weight excluding hydrogens is 420 g/mol. The number of ether oxygens (including phenoxy) is 2. The van der Waals surface area contributed by atoms with Crippen LogP contribution in [0.25, 0.3) is 11.6 Å². The highest BCUT2D eigenvalue weighted by atomic mass is 16.6. The largest absolute Gasteiger partial charge is 0.508 e. The van der Waals surface area contributed by atoms with E-state index >= 15 is 0 Å². The average Bonchev–Trinajstić information content (AvgIpc) is 3.00. The number of aliphatic hydroxyl groups excluding tert-OH is 1. The van der Waals surface area contributed by atoms with Crippen molar-refractivity contribution in [1.82, 2.24) is 0 Å². The SMILES string of the molecule is CC(C)=CCc1cc(C2=C(O)C(=Cc3ccc4c(c3)CCC(C)(C)O4)OC2=O)c(O)cc1O. The van der Waals surface area contributed by atoms with Gasteiger partial charge in [-0.2, -0.15) is 0 Å². The molecule has 0 unspecified atom stereocenters. The average molecular weight is 449 g/mol. The molecule has 2 aliphatic heterocycles. The zero-order chi connectivity index (χ0) is 23.9. The zero-order valence-corrected chi connectivity index (χ0v) is 19.2. The lowest BCUT2D eigenvalue weighted by molar-refractivity contribution is -0.131. The first-order chi connectivity index (χ1) is 15.5. The number of fused-ring (bicyclic) bond motifs is 1. The summed E-state index contributed by atoms with van der Waals surface area (Å²) in [5.41, 5.74) is 3.16. The topological polar surface area (TPSA) is 96.2 Å². The predicted octanol–water partition coefficient (Wildman–Crippen LogP) is 5.58. The highest BCUT2D eigenvalue weighted by Gasteiger charge is 2.33. The minimum absolute atomic E-state index is 0.00494. The fourth-order valence-corrected chi connectivity index (χ4v) is 3.97. The highest BCUT2D eigenvalue weighted by molar-refractivity contribution is 6.21. The molecule has 2 aromatic rings. The monoisotopic (exact) mass is 448 g/mol. The van der Waals surface area contributed by atoms with Crippen LogP contribution in [0.2, 0.25) is 0 Å². The number of hydrogen-bond acceptors (Lipinski definition) is 6. The van der Waals surface area contributed by atoms with Gasteiger partial charge in [-0.25, -0.2) is 4.79 Å². The third-order valence-corrected chi connectivity index (χ3v) is 5.84. The predicted molar refractivity (Wildman–Crippen MR) is 126 cm³/mol. The van der Waals surface area contributed by atoms with Crippen molar-refractivity contribution in [3.63, 3.8) is 0 Å². The van der Waals surface area contributed by atoms with E-state index in [0.29, 0.717) is 12.0 Å². The Hall–Kier alpha value is -3.67. The molecule has 6 nitrogen and oxygen atoms in total. The van der Waals surface area contributed by atoms with Crippen molar-refractivity contribution >= 4 is 17.6 Å². The van der Waals surface area contributed by atoms with Gasteiger partial charge in [0, 0.05) is 11.6 Å². The van der Waals surface area contributed by atoms with E-state index < -0.39 is 5.97 Å². The normalized spacial score (nSPS) is 18.1. The minimum atomic E-state index is -0.768. The van der Waals surface area contributed by atoms with Crippen LogP contribution in [-0.4, -0.2) is 26.9 Å². The molecule has 0 saturated heterocycles. The summed E-state index contributed by atoms with van der Waals surface area (Å²) in [5, 5.41) is 31.4. The molecule has 0 radical (unpaired) electrons. The number of esters is 1. The molecule has 172 valence electrons. The Morgan fingerprint density at radius 2 is 1.85 bits per heavy atom. The summed E-state index contributed by atoms with van der Waals surface area (Å²) < 4.78 is 11.3. The van der Waals surface area contributed by atoms with Gasteiger partial charge in [-0.1, -0.05) is 17.7 Å². The summed E-state index contributed by atoms with van der Waals surface area (Å²) in [6.45, 7) is 7.98. The van der Waals surface area contributed by atoms with Crippen LogP contribution in [-0.2, 0) is 22.4 Å². The first-order valence-electron chi connectivity index (χ1n) is 10.9. The molecular formula is C27H28O6. The van der Waals surface area contributed by atoms with Crippen molar-refractivity contribution in [3.8, 4) is 17.2 Å². The summed E-state index contributed by atoms with van der Waals surface area (Å²) in [6, 6.07) is 8.33. The van der Waals surface area contributed by atoms with E-state index in [2.05, 4.69) is 13.8 Å². The van der Waals surface area contributed by atoms with Gasteiger partial charge < -0.3 is 24.8 Å². The maximum atomic E-state index is 12.6. The molecule has 0 aliphatic carbocycles. The molecule has 2 aromatic carbocycles. The standard InChI is InChI=1S/C27H28O6/c1-15(2)5-7-17-13-19(21(29)14-20(17)28)24-25(30)23(32-26(24)31)12-16-6-8-22-18(11-16)9-10-27(3,4)33-22/h5-6,8,11-14,28-30H,7,9-10H2,1-4H3. The summed E-state index contributed by atoms with van der Waals surface area (Å²) in [5.74, 6) is -0.696. The van der Waals surface area contributed by atoms with Crippen molar-refractivity contribution in [1.29, 1.82) is 0 Å². The van der Waals surface area contributed by atoms with Crippen molar-refractivity contribution < 1.29 is 29.6 Å². The summed E-state index contributed by atoms with van der Waals surface area (Å²) in [6.07, 6.45) is 5.67. The van der Waals surface area contributed by atoms with Crippen molar-refractivity contribution in [2.45, 2.75) is 52.6 Å². The number of carbonyl (C=O) groups is 1. The molecule has 33 heavy (non-hydrogen) atoms. The van der Waals surface area contributed by atoms with Crippen LogP contribution >= 0.6 is 0 Å². The molecule has 0 atom stereocenters. The fourth-order valence-electron chi connectivity index (χ4n) is 3.97. The van der Waals surface area contributed by atoms with Crippen LogP contribution in [0.4, 0.5) is 0 Å². The van der Waals surface area contributed by atoms with Gasteiger partial charge in [0.2, 0.25) is 0 Å². The Morgan fingerprint density at radius 3 is 2.58 bits per heavy atom. The van der Waals surface area contributed by atoms with Gasteiger partial charge in [0.25, 0.3) is 0 Å². The lowest BCUT2D eigenvalue weighted by Gasteiger charge is -2.32. The summed E-state index contributed by atoms with van der Waals surface area (Å²) in [7, 11) is 0. The third kappa shape index (κ3) is 4.60. The summed E-state index contributed by atoms with van der Waals surface area (Å²) >= 11 is 0. The molecule has 2 heterocycles. The van der Waals surface area contributed by atoms with Crippen molar-refractivity contribution in [2.24, 2.45) is 0 Å². The molecule has 6 heteroatoms. The van der Waals surface area contributed by atoms with Crippen molar-refractivity contribution in [2.75, 3.05) is 0 Å². The van der Waals surface area contributed by atoms with Gasteiger partial charge in [0.15, 0.2) is 11.5 Å². The van der Waals surface area contributed by atoms with Crippen LogP contribution < -0.4 is 4.74 Å². The number of hydrogen-bond donors (Lipinski definition) is 3. The molecule has 0 aromatic heterocycles.